The second-order valence-electron chi connectivity index (χ2n) is 17.3. The van der Waals surface area contributed by atoms with Crippen LogP contribution in [0.2, 0.25) is 0 Å². The van der Waals surface area contributed by atoms with Crippen molar-refractivity contribution in [2.24, 2.45) is 0 Å². The highest BCUT2D eigenvalue weighted by molar-refractivity contribution is 6.06. The molecule has 1 aromatic heterocycles. The van der Waals surface area contributed by atoms with E-state index in [4.69, 9.17) is 4.42 Å². The fraction of sp³-hybridized carbons (Fsp3) is 0.0492. The van der Waals surface area contributed by atoms with Crippen LogP contribution >= 0.6 is 0 Å². The molecule has 11 aromatic rings. The van der Waals surface area contributed by atoms with Gasteiger partial charge in [0.1, 0.15) is 11.2 Å². The molecule has 298 valence electrons. The molecule has 1 aliphatic carbocycles. The maximum Gasteiger partial charge on any atom is 0.136 e. The number of benzene rings is 10. The topological polar surface area (TPSA) is 16.4 Å². The Kier molecular flexibility index (Phi) is 8.55. The van der Waals surface area contributed by atoms with Gasteiger partial charge in [-0.1, -0.05) is 172 Å². The monoisotopic (exact) mass is 805 g/mol. The van der Waals surface area contributed by atoms with Crippen molar-refractivity contribution < 1.29 is 4.42 Å². The lowest BCUT2D eigenvalue weighted by Crippen LogP contribution is -2.14. The minimum atomic E-state index is -0.0535. The van der Waals surface area contributed by atoms with Crippen LogP contribution in [0.3, 0.4) is 0 Å². The van der Waals surface area contributed by atoms with Gasteiger partial charge in [-0.25, -0.2) is 0 Å². The third-order valence-electron chi connectivity index (χ3n) is 13.3. The van der Waals surface area contributed by atoms with Crippen LogP contribution in [-0.4, -0.2) is 0 Å². The third-order valence-corrected chi connectivity index (χ3v) is 13.3. The van der Waals surface area contributed by atoms with Gasteiger partial charge in [-0.2, -0.15) is 0 Å². The highest BCUT2D eigenvalue weighted by atomic mass is 16.3. The largest absolute Gasteiger partial charge is 0.456 e. The van der Waals surface area contributed by atoms with E-state index in [0.717, 1.165) is 55.7 Å². The summed E-state index contributed by atoms with van der Waals surface area (Å²) in [6.45, 7) is 4.69. The lowest BCUT2D eigenvalue weighted by atomic mass is 9.81. The first-order valence-electron chi connectivity index (χ1n) is 21.8. The summed E-state index contributed by atoms with van der Waals surface area (Å²) >= 11 is 0. The van der Waals surface area contributed by atoms with Crippen LogP contribution in [0.25, 0.3) is 88.3 Å². The molecule has 12 rings (SSSR count). The number of hydrogen-bond donors (Lipinski definition) is 0. The number of para-hydroxylation sites is 1. The average Bonchev–Trinajstić information content (AvgIpc) is 3.83. The minimum Gasteiger partial charge on any atom is -0.456 e. The number of fused-ring (bicyclic) bond motifs is 7. The van der Waals surface area contributed by atoms with Gasteiger partial charge in [0.25, 0.3) is 0 Å². The lowest BCUT2D eigenvalue weighted by Gasteiger charge is -2.26. The summed E-state index contributed by atoms with van der Waals surface area (Å²) in [7, 11) is 0. The van der Waals surface area contributed by atoms with Gasteiger partial charge in [-0.15, -0.1) is 0 Å². The number of hydrogen-bond acceptors (Lipinski definition) is 2. The highest BCUT2D eigenvalue weighted by Crippen LogP contribution is 2.50. The predicted molar refractivity (Wildman–Crippen MR) is 265 cm³/mol. The van der Waals surface area contributed by atoms with E-state index in [1.807, 2.05) is 12.1 Å². The van der Waals surface area contributed by atoms with Crippen LogP contribution in [-0.2, 0) is 5.41 Å². The number of furan rings is 1. The molecule has 0 fully saturated rings. The number of rotatable bonds is 7. The van der Waals surface area contributed by atoms with Gasteiger partial charge in [-0.05, 0) is 144 Å². The molecule has 0 radical (unpaired) electrons. The molecule has 1 heterocycles. The normalized spacial score (nSPS) is 12.7. The Balaban J connectivity index is 0.928. The first kappa shape index (κ1) is 36.9. The van der Waals surface area contributed by atoms with Gasteiger partial charge in [0.15, 0.2) is 0 Å². The summed E-state index contributed by atoms with van der Waals surface area (Å²) in [5.41, 5.74) is 19.9. The summed E-state index contributed by atoms with van der Waals surface area (Å²) in [5.74, 6) is 0. The van der Waals surface area contributed by atoms with Crippen molar-refractivity contribution in [1.82, 2.24) is 0 Å². The number of nitrogens with zero attached hydrogens (tertiary/aromatic N) is 1. The van der Waals surface area contributed by atoms with E-state index in [1.54, 1.807) is 0 Å². The van der Waals surface area contributed by atoms with E-state index in [2.05, 4.69) is 231 Å². The molecule has 0 N–H and O–H groups in total. The van der Waals surface area contributed by atoms with E-state index in [-0.39, 0.29) is 5.41 Å². The second-order valence-corrected chi connectivity index (χ2v) is 17.3. The maximum absolute atomic E-state index is 6.27. The molecule has 0 aliphatic heterocycles. The van der Waals surface area contributed by atoms with Crippen molar-refractivity contribution in [3.05, 3.63) is 236 Å². The summed E-state index contributed by atoms with van der Waals surface area (Å²) in [5, 5.41) is 4.78. The van der Waals surface area contributed by atoms with Crippen LogP contribution < -0.4 is 4.90 Å². The van der Waals surface area contributed by atoms with E-state index in [0.29, 0.717) is 0 Å². The van der Waals surface area contributed by atoms with E-state index in [1.165, 1.54) is 60.8 Å². The van der Waals surface area contributed by atoms with Crippen LogP contribution in [0, 0.1) is 0 Å². The summed E-state index contributed by atoms with van der Waals surface area (Å²) in [6.07, 6.45) is 0. The molecule has 0 amide bonds. The van der Waals surface area contributed by atoms with Crippen LogP contribution in [0.5, 0.6) is 0 Å². The Morgan fingerprint density at radius 3 is 1.67 bits per heavy atom. The maximum atomic E-state index is 6.27. The number of anilines is 3. The molecule has 10 aromatic carbocycles. The van der Waals surface area contributed by atoms with Crippen molar-refractivity contribution in [2.45, 2.75) is 19.3 Å². The van der Waals surface area contributed by atoms with Gasteiger partial charge in [0.2, 0.25) is 0 Å². The Bertz CT molecular complexity index is 3530. The Morgan fingerprint density at radius 2 is 0.857 bits per heavy atom. The fourth-order valence-electron chi connectivity index (χ4n) is 10.0. The van der Waals surface area contributed by atoms with Gasteiger partial charge >= 0.3 is 0 Å². The Morgan fingerprint density at radius 1 is 0.317 bits per heavy atom. The van der Waals surface area contributed by atoms with Crippen LogP contribution in [0.15, 0.2) is 229 Å². The lowest BCUT2D eigenvalue weighted by molar-refractivity contribution is 0.660. The highest BCUT2D eigenvalue weighted by Gasteiger charge is 2.35. The van der Waals surface area contributed by atoms with E-state index >= 15 is 0 Å². The molecule has 1 aliphatic rings. The summed E-state index contributed by atoms with van der Waals surface area (Å²) in [6, 6.07) is 81.7. The van der Waals surface area contributed by atoms with Crippen molar-refractivity contribution in [3.63, 3.8) is 0 Å². The third kappa shape index (κ3) is 6.25. The standard InChI is InChI=1S/C61H43NO/c1-61(2)57-22-7-5-19-53(57)54-34-28-45(38-58(54)61)40-24-30-48(31-25-40)62(49-32-26-41(27-33-49)46-29-35-56-55-20-6-8-23-59(55)63-60(56)39-46)50-17-10-15-44(37-50)43-14-9-16-47(36-43)52-21-11-13-42-12-3-4-18-51(42)52/h3-39H,1-2H3. The molecule has 0 atom stereocenters. The van der Waals surface area contributed by atoms with E-state index in [9.17, 15) is 0 Å². The molecule has 0 bridgehead atoms. The molecule has 63 heavy (non-hydrogen) atoms. The zero-order valence-electron chi connectivity index (χ0n) is 35.2. The molecule has 0 unspecified atom stereocenters. The van der Waals surface area contributed by atoms with Gasteiger partial charge in [-0.3, -0.25) is 0 Å². The molecule has 2 nitrogen and oxygen atoms in total. The van der Waals surface area contributed by atoms with Gasteiger partial charge in [0, 0.05) is 33.2 Å². The molecule has 0 spiro atoms. The van der Waals surface area contributed by atoms with Crippen molar-refractivity contribution in [1.29, 1.82) is 0 Å². The van der Waals surface area contributed by atoms with Crippen LogP contribution in [0.4, 0.5) is 17.1 Å². The zero-order chi connectivity index (χ0) is 42.1. The quantitative estimate of drug-likeness (QED) is 0.160. The molecular weight excluding hydrogens is 763 g/mol. The second kappa shape index (κ2) is 14.6. The van der Waals surface area contributed by atoms with Crippen molar-refractivity contribution in [2.75, 3.05) is 4.90 Å². The van der Waals surface area contributed by atoms with E-state index < -0.39 is 0 Å². The molecular formula is C61H43NO. The average molecular weight is 806 g/mol. The van der Waals surface area contributed by atoms with Crippen molar-refractivity contribution in [3.8, 4) is 55.6 Å². The van der Waals surface area contributed by atoms with Crippen molar-refractivity contribution >= 4 is 49.8 Å². The fourth-order valence-corrected chi connectivity index (χ4v) is 10.0. The molecule has 0 saturated carbocycles. The summed E-state index contributed by atoms with van der Waals surface area (Å²) < 4.78 is 6.27. The molecule has 0 saturated heterocycles. The Hall–Kier alpha value is -7.94. The summed E-state index contributed by atoms with van der Waals surface area (Å²) in [4.78, 5) is 2.37. The first-order chi connectivity index (χ1) is 31.0. The predicted octanol–water partition coefficient (Wildman–Crippen LogP) is 17.2. The Labute approximate surface area is 368 Å². The minimum absolute atomic E-state index is 0.0535. The zero-order valence-corrected chi connectivity index (χ0v) is 35.2. The first-order valence-corrected chi connectivity index (χ1v) is 21.8. The van der Waals surface area contributed by atoms with Crippen LogP contribution in [0.1, 0.15) is 25.0 Å². The molecule has 2 heteroatoms. The van der Waals surface area contributed by atoms with Gasteiger partial charge < -0.3 is 9.32 Å². The smallest absolute Gasteiger partial charge is 0.136 e. The SMILES string of the molecule is CC1(C)c2ccccc2-c2ccc(-c3ccc(N(c4ccc(-c5ccc6c(c5)oc5ccccc56)cc4)c4cccc(-c5cccc(-c6cccc7ccccc67)c5)c4)cc3)cc21. The van der Waals surface area contributed by atoms with Gasteiger partial charge in [0.05, 0.1) is 0 Å².